The number of H-pyrrole nitrogens is 1. The van der Waals surface area contributed by atoms with Crippen LogP contribution in [-0.2, 0) is 0 Å². The molecule has 0 aliphatic heterocycles. The molecule has 0 aliphatic rings. The molecule has 0 radical (unpaired) electrons. The lowest BCUT2D eigenvalue weighted by atomic mass is 10.6. The summed E-state index contributed by atoms with van der Waals surface area (Å²) in [7, 11) is 0. The maximum atomic E-state index is 11.3. The average Bonchev–Trinajstić information content (AvgIpc) is 2.72. The third-order valence-electron chi connectivity index (χ3n) is 1.38. The van der Waals surface area contributed by atoms with Crippen LogP contribution in [0.4, 0.5) is 5.95 Å². The van der Waals surface area contributed by atoms with Gasteiger partial charge in [-0.05, 0) is 0 Å². The van der Waals surface area contributed by atoms with Gasteiger partial charge in [-0.2, -0.15) is 4.98 Å². The topological polar surface area (TPSA) is 219 Å². The average molecular weight is 274 g/mol. The van der Waals surface area contributed by atoms with Crippen molar-refractivity contribution >= 4 is 17.8 Å². The molecule has 6 N–H and O–H groups in total. The smallest absolute Gasteiger partial charge is 0.309 e. The number of aromatic nitrogens is 3. The molecular formula is C4H6N10O5. The highest BCUT2D eigenvalue weighted by Gasteiger charge is 2.14. The molecule has 1 rings (SSSR count). The second kappa shape index (κ2) is 5.70. The SMILES string of the molecule is N/C(=N\[N+](=O)[O-])NNC(=O)c1n[nH]c(N[N+](=O)[O-])n1. The molecule has 0 unspecified atom stereocenters. The van der Waals surface area contributed by atoms with E-state index < -0.39 is 27.8 Å². The molecule has 102 valence electrons. The fraction of sp³-hybridized carbons (Fsp3) is 0. The van der Waals surface area contributed by atoms with E-state index in [1.54, 1.807) is 5.43 Å². The predicted octanol–water partition coefficient (Wildman–Crippen LogP) is -2.85. The summed E-state index contributed by atoms with van der Waals surface area (Å²) in [5, 5.41) is 26.0. The van der Waals surface area contributed by atoms with E-state index in [1.807, 2.05) is 10.9 Å². The maximum absolute atomic E-state index is 11.3. The van der Waals surface area contributed by atoms with Gasteiger partial charge in [-0.1, -0.05) is 5.43 Å². The van der Waals surface area contributed by atoms with Crippen LogP contribution in [0.5, 0.6) is 0 Å². The lowest BCUT2D eigenvalue weighted by Gasteiger charge is -2.01. The number of nitro groups is 2. The summed E-state index contributed by atoms with van der Waals surface area (Å²) in [6.07, 6.45) is 0. The van der Waals surface area contributed by atoms with Crippen molar-refractivity contribution in [1.29, 1.82) is 0 Å². The van der Waals surface area contributed by atoms with Crippen LogP contribution in [0.3, 0.4) is 0 Å². The van der Waals surface area contributed by atoms with Crippen LogP contribution in [0.1, 0.15) is 10.6 Å². The van der Waals surface area contributed by atoms with Gasteiger partial charge in [0.25, 0.3) is 11.9 Å². The molecule has 1 aromatic heterocycles. The first-order chi connectivity index (χ1) is 8.88. The summed E-state index contributed by atoms with van der Waals surface area (Å²) in [6, 6.07) is 0. The molecular weight excluding hydrogens is 268 g/mol. The van der Waals surface area contributed by atoms with E-state index in [1.165, 1.54) is 0 Å². The Kier molecular flexibility index (Phi) is 4.07. The van der Waals surface area contributed by atoms with Gasteiger partial charge in [-0.25, -0.2) is 25.3 Å². The van der Waals surface area contributed by atoms with Crippen molar-refractivity contribution in [2.24, 2.45) is 10.8 Å². The minimum absolute atomic E-state index is 0.373. The number of amides is 1. The number of carbonyl (C=O) groups is 1. The molecule has 0 spiro atoms. The number of carbonyl (C=O) groups excluding carboxylic acids is 1. The Morgan fingerprint density at radius 3 is 2.63 bits per heavy atom. The lowest BCUT2D eigenvalue weighted by molar-refractivity contribution is -0.485. The summed E-state index contributed by atoms with van der Waals surface area (Å²) >= 11 is 0. The van der Waals surface area contributed by atoms with Crippen molar-refractivity contribution in [3.8, 4) is 0 Å². The van der Waals surface area contributed by atoms with Crippen LogP contribution in [0.25, 0.3) is 0 Å². The van der Waals surface area contributed by atoms with Crippen LogP contribution in [0.2, 0.25) is 0 Å². The summed E-state index contributed by atoms with van der Waals surface area (Å²) < 4.78 is 0. The van der Waals surface area contributed by atoms with E-state index in [4.69, 9.17) is 5.73 Å². The lowest BCUT2D eigenvalue weighted by Crippen LogP contribution is -2.46. The molecule has 0 fully saturated rings. The van der Waals surface area contributed by atoms with E-state index in [9.17, 15) is 25.0 Å². The third-order valence-corrected chi connectivity index (χ3v) is 1.38. The van der Waals surface area contributed by atoms with Crippen LogP contribution in [-0.4, -0.2) is 37.1 Å². The molecule has 0 bridgehead atoms. The van der Waals surface area contributed by atoms with E-state index in [0.29, 0.717) is 0 Å². The van der Waals surface area contributed by atoms with Crippen molar-refractivity contribution in [2.75, 3.05) is 5.43 Å². The van der Waals surface area contributed by atoms with Crippen LogP contribution < -0.4 is 22.0 Å². The number of hydrogen-bond acceptors (Lipinski definition) is 7. The van der Waals surface area contributed by atoms with E-state index in [2.05, 4.69) is 20.3 Å². The monoisotopic (exact) mass is 274 g/mol. The molecule has 19 heavy (non-hydrogen) atoms. The van der Waals surface area contributed by atoms with Gasteiger partial charge in [0, 0.05) is 0 Å². The number of nitrogens with zero attached hydrogens (tertiary/aromatic N) is 5. The van der Waals surface area contributed by atoms with Crippen molar-refractivity contribution < 1.29 is 14.9 Å². The number of guanidine groups is 1. The molecule has 0 aromatic carbocycles. The summed E-state index contributed by atoms with van der Waals surface area (Å²) in [5.41, 5.74) is 10.4. The van der Waals surface area contributed by atoms with Gasteiger partial charge in [-0.15, -0.1) is 5.10 Å². The Morgan fingerprint density at radius 2 is 2.05 bits per heavy atom. The van der Waals surface area contributed by atoms with Crippen molar-refractivity contribution in [3.05, 3.63) is 26.1 Å². The number of rotatable bonds is 4. The van der Waals surface area contributed by atoms with Gasteiger partial charge in [0.2, 0.25) is 5.82 Å². The number of nitrogens with two attached hydrogens (primary N) is 1. The number of hydrazine groups is 2. The summed E-state index contributed by atoms with van der Waals surface area (Å²) in [4.78, 5) is 34.7. The molecule has 1 aromatic rings. The number of hydrogen-bond donors (Lipinski definition) is 5. The highest BCUT2D eigenvalue weighted by molar-refractivity contribution is 5.92. The van der Waals surface area contributed by atoms with E-state index in [-0.39, 0.29) is 5.95 Å². The Morgan fingerprint density at radius 1 is 1.37 bits per heavy atom. The zero-order valence-electron chi connectivity index (χ0n) is 8.85. The molecule has 1 amide bonds. The van der Waals surface area contributed by atoms with Gasteiger partial charge >= 0.3 is 5.91 Å². The molecule has 0 atom stereocenters. The molecule has 0 saturated carbocycles. The van der Waals surface area contributed by atoms with Crippen LogP contribution >= 0.6 is 0 Å². The minimum atomic E-state index is -1.08. The Bertz CT molecular complexity index is 534. The fourth-order valence-corrected chi connectivity index (χ4v) is 0.789. The van der Waals surface area contributed by atoms with Crippen molar-refractivity contribution in [3.63, 3.8) is 0 Å². The third kappa shape index (κ3) is 4.46. The molecule has 15 heteroatoms. The van der Waals surface area contributed by atoms with Gasteiger partial charge < -0.3 is 5.73 Å². The standard InChI is InChI=1S/C4H6N10O5/c5-3(11-13(16)17)9-8-2(15)1-6-4(10-7-1)12-14(18)19/h(H,8,15)(H3,5,9,11)(H2,6,7,10,12). The molecule has 1 heterocycles. The van der Waals surface area contributed by atoms with Gasteiger partial charge in [0.15, 0.2) is 10.1 Å². The Balaban J connectivity index is 2.56. The number of hydrazone groups is 1. The van der Waals surface area contributed by atoms with Gasteiger partial charge in [-0.3, -0.25) is 15.6 Å². The molecule has 15 nitrogen and oxygen atoms in total. The first-order valence-corrected chi connectivity index (χ1v) is 4.26. The second-order valence-corrected chi connectivity index (χ2v) is 2.68. The zero-order chi connectivity index (χ0) is 14.4. The maximum Gasteiger partial charge on any atom is 0.309 e. The summed E-state index contributed by atoms with van der Waals surface area (Å²) in [5.74, 6) is -2.47. The summed E-state index contributed by atoms with van der Waals surface area (Å²) in [6.45, 7) is 0. The van der Waals surface area contributed by atoms with Crippen molar-refractivity contribution in [1.82, 2.24) is 26.0 Å². The minimum Gasteiger partial charge on any atom is -0.363 e. The van der Waals surface area contributed by atoms with Crippen LogP contribution in [0.15, 0.2) is 5.10 Å². The highest BCUT2D eigenvalue weighted by Crippen LogP contribution is 1.97. The zero-order valence-corrected chi connectivity index (χ0v) is 8.85. The largest absolute Gasteiger partial charge is 0.363 e. The fourth-order valence-electron chi connectivity index (χ4n) is 0.789. The van der Waals surface area contributed by atoms with Crippen LogP contribution in [0, 0.1) is 20.2 Å². The number of anilines is 1. The quantitative estimate of drug-likeness (QED) is 0.163. The highest BCUT2D eigenvalue weighted by atomic mass is 16.7. The normalized spacial score (nSPS) is 10.6. The number of nitrogens with one attached hydrogen (secondary N) is 4. The van der Waals surface area contributed by atoms with E-state index in [0.717, 1.165) is 0 Å². The van der Waals surface area contributed by atoms with E-state index >= 15 is 0 Å². The number of aromatic amines is 1. The first kappa shape index (κ1) is 13.5. The first-order valence-electron chi connectivity index (χ1n) is 4.26. The molecule has 0 saturated heterocycles. The molecule has 0 aliphatic carbocycles. The van der Waals surface area contributed by atoms with Gasteiger partial charge in [0.1, 0.15) is 5.10 Å². The predicted molar refractivity (Wildman–Crippen MR) is 56.2 cm³/mol. The van der Waals surface area contributed by atoms with Crippen molar-refractivity contribution in [2.45, 2.75) is 0 Å². The Hall–Kier alpha value is -3.52. The Labute approximate surface area is 102 Å². The van der Waals surface area contributed by atoms with Gasteiger partial charge in [0.05, 0.1) is 0 Å². The second-order valence-electron chi connectivity index (χ2n) is 2.68.